The minimum Gasteiger partial charge on any atom is -0.497 e. The molecule has 4 nitrogen and oxygen atoms in total. The second-order valence-corrected chi connectivity index (χ2v) is 6.60. The smallest absolute Gasteiger partial charge is 0.257 e. The molecule has 1 aliphatic heterocycles. The molecule has 1 N–H and O–H groups in total. The molecule has 1 aliphatic rings. The third-order valence-electron chi connectivity index (χ3n) is 4.94. The number of rotatable bonds is 5. The quantitative estimate of drug-likeness (QED) is 0.730. The van der Waals surface area contributed by atoms with Gasteiger partial charge in [0.2, 0.25) is 0 Å². The summed E-state index contributed by atoms with van der Waals surface area (Å²) in [6.45, 7) is 0.631. The Morgan fingerprint density at radius 1 is 0.926 bits per heavy atom. The van der Waals surface area contributed by atoms with E-state index in [0.29, 0.717) is 6.54 Å². The predicted molar refractivity (Wildman–Crippen MR) is 107 cm³/mol. The first-order chi connectivity index (χ1) is 13.3. The summed E-state index contributed by atoms with van der Waals surface area (Å²) in [7, 11) is 1.66. The van der Waals surface area contributed by atoms with E-state index >= 15 is 0 Å². The van der Waals surface area contributed by atoms with Crippen LogP contribution in [0.3, 0.4) is 0 Å². The number of amides is 1. The van der Waals surface area contributed by atoms with Crippen molar-refractivity contribution in [1.29, 1.82) is 0 Å². The molecule has 0 radical (unpaired) electrons. The molecular weight excluding hydrogens is 336 g/mol. The van der Waals surface area contributed by atoms with E-state index in [9.17, 15) is 4.79 Å². The first-order valence-electron chi connectivity index (χ1n) is 9.10. The van der Waals surface area contributed by atoms with Crippen LogP contribution in [-0.4, -0.2) is 24.5 Å². The molecule has 1 amide bonds. The fourth-order valence-electron chi connectivity index (χ4n) is 3.46. The fourth-order valence-corrected chi connectivity index (χ4v) is 3.46. The number of anilines is 1. The molecule has 3 aromatic carbocycles. The zero-order valence-electron chi connectivity index (χ0n) is 15.3. The Hall–Kier alpha value is -3.27. The minimum absolute atomic E-state index is 0.0618. The second-order valence-electron chi connectivity index (χ2n) is 6.60. The molecule has 0 bridgehead atoms. The molecule has 27 heavy (non-hydrogen) atoms. The average Bonchev–Trinajstić information content (AvgIpc) is 2.74. The van der Waals surface area contributed by atoms with Gasteiger partial charge in [-0.2, -0.15) is 0 Å². The summed E-state index contributed by atoms with van der Waals surface area (Å²) in [6, 6.07) is 25.8. The van der Waals surface area contributed by atoms with Crippen LogP contribution in [0.25, 0.3) is 0 Å². The maximum Gasteiger partial charge on any atom is 0.257 e. The number of benzene rings is 3. The highest BCUT2D eigenvalue weighted by molar-refractivity contribution is 6.01. The van der Waals surface area contributed by atoms with Crippen molar-refractivity contribution in [3.63, 3.8) is 0 Å². The van der Waals surface area contributed by atoms with E-state index in [-0.39, 0.29) is 12.1 Å². The normalized spacial score (nSPS) is 15.8. The number of ether oxygens (including phenoxy) is 1. The van der Waals surface area contributed by atoms with Gasteiger partial charge < -0.3 is 15.0 Å². The van der Waals surface area contributed by atoms with Gasteiger partial charge in [-0.3, -0.25) is 4.79 Å². The van der Waals surface area contributed by atoms with Gasteiger partial charge in [-0.15, -0.1) is 0 Å². The summed E-state index contributed by atoms with van der Waals surface area (Å²) in [5, 5.41) is 3.53. The molecule has 0 unspecified atom stereocenters. The number of hydrogen-bond donors (Lipinski definition) is 1. The van der Waals surface area contributed by atoms with Gasteiger partial charge in [0.05, 0.1) is 12.7 Å². The van der Waals surface area contributed by atoms with Crippen molar-refractivity contribution < 1.29 is 9.53 Å². The molecule has 3 aromatic rings. The van der Waals surface area contributed by atoms with Gasteiger partial charge in [0, 0.05) is 12.2 Å². The summed E-state index contributed by atoms with van der Waals surface area (Å²) in [6.07, 6.45) is 0.606. The number of nitrogens with one attached hydrogen (secondary N) is 1. The molecule has 136 valence electrons. The Bertz CT molecular complexity index is 923. The van der Waals surface area contributed by atoms with Crippen LogP contribution in [0.5, 0.6) is 5.75 Å². The Kier molecular flexibility index (Phi) is 4.79. The number of nitrogens with zero attached hydrogens (tertiary/aromatic N) is 1. The molecule has 0 saturated carbocycles. The van der Waals surface area contributed by atoms with Gasteiger partial charge in [0.15, 0.2) is 0 Å². The number of carbonyl (C=O) groups is 1. The van der Waals surface area contributed by atoms with E-state index in [4.69, 9.17) is 4.74 Å². The SMILES string of the molecule is COc1ccc(CCN2C(=O)c3ccccc3N[C@@H]2c2ccccc2)cc1. The molecule has 4 heteroatoms. The van der Waals surface area contributed by atoms with E-state index < -0.39 is 0 Å². The van der Waals surface area contributed by atoms with E-state index in [2.05, 4.69) is 17.4 Å². The van der Waals surface area contributed by atoms with Crippen LogP contribution in [0.2, 0.25) is 0 Å². The molecule has 0 fully saturated rings. The fraction of sp³-hybridized carbons (Fsp3) is 0.174. The van der Waals surface area contributed by atoms with Crippen molar-refractivity contribution in [2.45, 2.75) is 12.6 Å². The number of carbonyl (C=O) groups excluding carboxylic acids is 1. The molecule has 0 saturated heterocycles. The summed E-state index contributed by atoms with van der Waals surface area (Å²) < 4.78 is 5.22. The van der Waals surface area contributed by atoms with Gasteiger partial charge >= 0.3 is 0 Å². The van der Waals surface area contributed by atoms with E-state index in [1.807, 2.05) is 71.6 Å². The van der Waals surface area contributed by atoms with E-state index in [1.54, 1.807) is 7.11 Å². The highest BCUT2D eigenvalue weighted by Crippen LogP contribution is 2.33. The Morgan fingerprint density at radius 2 is 1.63 bits per heavy atom. The van der Waals surface area contributed by atoms with Crippen molar-refractivity contribution in [1.82, 2.24) is 4.90 Å². The maximum absolute atomic E-state index is 13.2. The van der Waals surface area contributed by atoms with E-state index in [0.717, 1.165) is 29.0 Å². The Balaban J connectivity index is 1.61. The van der Waals surface area contributed by atoms with Crippen LogP contribution in [0.4, 0.5) is 5.69 Å². The molecular formula is C23H22N2O2. The van der Waals surface area contributed by atoms with Crippen molar-refractivity contribution in [2.75, 3.05) is 19.0 Å². The molecule has 0 spiro atoms. The lowest BCUT2D eigenvalue weighted by Gasteiger charge is -2.38. The highest BCUT2D eigenvalue weighted by Gasteiger charge is 2.32. The molecule has 1 heterocycles. The zero-order valence-corrected chi connectivity index (χ0v) is 15.3. The number of para-hydroxylation sites is 1. The average molecular weight is 358 g/mol. The summed E-state index contributed by atoms with van der Waals surface area (Å²) in [5.41, 5.74) is 3.86. The molecule has 0 aromatic heterocycles. The largest absolute Gasteiger partial charge is 0.497 e. The third-order valence-corrected chi connectivity index (χ3v) is 4.94. The number of hydrogen-bond acceptors (Lipinski definition) is 3. The highest BCUT2D eigenvalue weighted by atomic mass is 16.5. The van der Waals surface area contributed by atoms with Gasteiger partial charge in [-0.1, -0.05) is 54.6 Å². The lowest BCUT2D eigenvalue weighted by atomic mass is 10.0. The number of fused-ring (bicyclic) bond motifs is 1. The first-order valence-corrected chi connectivity index (χ1v) is 9.10. The topological polar surface area (TPSA) is 41.6 Å². The van der Waals surface area contributed by atoms with Gasteiger partial charge in [-0.05, 0) is 41.8 Å². The Labute approximate surface area is 159 Å². The van der Waals surface area contributed by atoms with Gasteiger partial charge in [0.1, 0.15) is 11.9 Å². The van der Waals surface area contributed by atoms with Crippen LogP contribution in [0.1, 0.15) is 27.7 Å². The summed E-state index contributed by atoms with van der Waals surface area (Å²) in [4.78, 5) is 15.1. The van der Waals surface area contributed by atoms with Crippen molar-refractivity contribution in [2.24, 2.45) is 0 Å². The second kappa shape index (κ2) is 7.54. The van der Waals surface area contributed by atoms with Crippen LogP contribution >= 0.6 is 0 Å². The van der Waals surface area contributed by atoms with Crippen LogP contribution in [-0.2, 0) is 6.42 Å². The van der Waals surface area contributed by atoms with E-state index in [1.165, 1.54) is 5.56 Å². The van der Waals surface area contributed by atoms with Crippen LogP contribution in [0.15, 0.2) is 78.9 Å². The molecule has 1 atom stereocenters. The minimum atomic E-state index is -0.174. The summed E-state index contributed by atoms with van der Waals surface area (Å²) in [5.74, 6) is 0.900. The van der Waals surface area contributed by atoms with Crippen molar-refractivity contribution in [3.05, 3.63) is 95.6 Å². The molecule has 4 rings (SSSR count). The van der Waals surface area contributed by atoms with Crippen molar-refractivity contribution >= 4 is 11.6 Å². The predicted octanol–water partition coefficient (Wildman–Crippen LogP) is 4.50. The molecule has 0 aliphatic carbocycles. The van der Waals surface area contributed by atoms with Crippen molar-refractivity contribution in [3.8, 4) is 5.75 Å². The lowest BCUT2D eigenvalue weighted by molar-refractivity contribution is 0.0685. The third kappa shape index (κ3) is 3.51. The van der Waals surface area contributed by atoms with Gasteiger partial charge in [-0.25, -0.2) is 0 Å². The monoisotopic (exact) mass is 358 g/mol. The maximum atomic E-state index is 13.2. The lowest BCUT2D eigenvalue weighted by Crippen LogP contribution is -2.43. The number of methoxy groups -OCH3 is 1. The summed E-state index contributed by atoms with van der Waals surface area (Å²) >= 11 is 0. The van der Waals surface area contributed by atoms with Gasteiger partial charge in [0.25, 0.3) is 5.91 Å². The zero-order chi connectivity index (χ0) is 18.6. The first kappa shape index (κ1) is 17.2. The Morgan fingerprint density at radius 3 is 2.37 bits per heavy atom. The van der Waals surface area contributed by atoms with Crippen LogP contribution < -0.4 is 10.1 Å². The van der Waals surface area contributed by atoms with Crippen LogP contribution in [0, 0.1) is 0 Å². The standard InChI is InChI=1S/C23H22N2O2/c1-27-19-13-11-17(12-14-19)15-16-25-22(18-7-3-2-4-8-18)24-21-10-6-5-9-20(21)23(25)26/h2-14,22,24H,15-16H2,1H3/t22-/m0/s1.